The number of aliphatic hydroxyl groups excluding tert-OH is 2. The Morgan fingerprint density at radius 1 is 0.312 bits per heavy atom. The molecule has 0 aliphatic rings. The van der Waals surface area contributed by atoms with E-state index in [4.69, 9.17) is 32.3 Å². The van der Waals surface area contributed by atoms with E-state index in [0.29, 0.717) is 19.3 Å². The van der Waals surface area contributed by atoms with Crippen molar-refractivity contribution in [3.63, 3.8) is 0 Å². The Bertz CT molecular complexity index is 2040. The largest absolute Gasteiger partial charge is 0.472 e. The first kappa shape index (κ1) is 89.7. The van der Waals surface area contributed by atoms with Crippen molar-refractivity contribution in [2.45, 2.75) is 334 Å². The zero-order valence-corrected chi connectivity index (χ0v) is 60.5. The van der Waals surface area contributed by atoms with Crippen LogP contribution in [0.15, 0.2) is 85.1 Å². The summed E-state index contributed by atoms with van der Waals surface area (Å²) in [6, 6.07) is 0. The average Bonchev–Trinajstić information content (AvgIpc) is 2.93. The Morgan fingerprint density at radius 3 is 0.925 bits per heavy atom. The van der Waals surface area contributed by atoms with E-state index in [1.165, 1.54) is 141 Å². The lowest BCUT2D eigenvalue weighted by molar-refractivity contribution is -0.161. The molecule has 0 spiro atoms. The molecule has 0 bridgehead atoms. The highest BCUT2D eigenvalue weighted by Gasteiger charge is 2.29. The molecule has 0 aromatic carbocycles. The zero-order chi connectivity index (χ0) is 68.1. The van der Waals surface area contributed by atoms with Crippen LogP contribution < -0.4 is 0 Å². The second-order valence-corrected chi connectivity index (χ2v) is 27.6. The van der Waals surface area contributed by atoms with Crippen LogP contribution >= 0.6 is 15.6 Å². The van der Waals surface area contributed by atoms with Crippen molar-refractivity contribution < 1.29 is 75.8 Å². The van der Waals surface area contributed by atoms with Crippen molar-refractivity contribution >= 4 is 33.6 Å². The van der Waals surface area contributed by atoms with Crippen molar-refractivity contribution in [3.05, 3.63) is 85.1 Å². The fraction of sp³-hybridized carbons (Fsp3) is 0.773. The van der Waals surface area contributed by atoms with Gasteiger partial charge < -0.3 is 34.2 Å². The molecule has 4 N–H and O–H groups in total. The van der Waals surface area contributed by atoms with Gasteiger partial charge in [-0.15, -0.1) is 0 Å². The van der Waals surface area contributed by atoms with Crippen LogP contribution in [0.5, 0.6) is 0 Å². The highest BCUT2D eigenvalue weighted by molar-refractivity contribution is 7.47. The molecule has 0 amide bonds. The number of ether oxygens (including phenoxy) is 3. The number of carbonyl (C=O) groups is 3. The molecule has 0 aromatic heterocycles. The highest BCUT2D eigenvalue weighted by atomic mass is 31.2. The second-order valence-electron chi connectivity index (χ2n) is 24.7. The van der Waals surface area contributed by atoms with Crippen molar-refractivity contribution in [1.29, 1.82) is 0 Å². The normalized spacial score (nSPS) is 14.6. The quantitative estimate of drug-likeness (QED) is 0.0146. The molecule has 93 heavy (non-hydrogen) atoms. The predicted octanol–water partition coefficient (Wildman–Crippen LogP) is 20.9. The highest BCUT2D eigenvalue weighted by Crippen LogP contribution is 2.45. The summed E-state index contributed by atoms with van der Waals surface area (Å²) in [7, 11) is -9.77. The van der Waals surface area contributed by atoms with Gasteiger partial charge in [0.15, 0.2) is 6.10 Å². The number of hydrogen-bond donors (Lipinski definition) is 4. The van der Waals surface area contributed by atoms with Gasteiger partial charge in [-0.3, -0.25) is 32.5 Å². The third-order valence-corrected chi connectivity index (χ3v) is 17.5. The number of phosphoric ester groups is 2. The number of esters is 3. The molecule has 0 rings (SSSR count). The molecule has 18 heteroatoms. The molecule has 16 nitrogen and oxygen atoms in total. The van der Waals surface area contributed by atoms with E-state index in [2.05, 4.69) is 106 Å². The number of unbranched alkanes of at least 4 members (excludes halogenated alkanes) is 33. The molecule has 0 saturated carbocycles. The first-order chi connectivity index (χ1) is 45.2. The van der Waals surface area contributed by atoms with Gasteiger partial charge >= 0.3 is 33.6 Å². The number of phosphoric acid groups is 2. The van der Waals surface area contributed by atoms with Gasteiger partial charge in [0.2, 0.25) is 0 Å². The van der Waals surface area contributed by atoms with Crippen molar-refractivity contribution in [2.75, 3.05) is 39.6 Å². The lowest BCUT2D eigenvalue weighted by atomic mass is 10.0. The SMILES string of the molecule is CC/C=C\C/C=C\C/C=C\CCCCCCCC(=O)OCC(COP(=O)(O)OCC(O)COP(=O)(O)OCC(O)COC(=O)CCCCCCCCCCCCCCCCC/C=C\C/C=C\C/C=C\C/C=C\CCCCC)OC(=O)CCCCCCCCCCCCC. The third kappa shape index (κ3) is 69.9. The Hall–Kier alpha value is -3.27. The summed E-state index contributed by atoms with van der Waals surface area (Å²) in [5.41, 5.74) is 0. The Kier molecular flexibility index (Phi) is 66.2. The van der Waals surface area contributed by atoms with Crippen LogP contribution in [-0.4, -0.2) is 95.9 Å². The van der Waals surface area contributed by atoms with Gasteiger partial charge in [-0.25, -0.2) is 9.13 Å². The molecular weight excluding hydrogens is 1220 g/mol. The molecule has 0 aliphatic heterocycles. The summed E-state index contributed by atoms with van der Waals surface area (Å²) in [5, 5.41) is 20.6. The van der Waals surface area contributed by atoms with Crippen LogP contribution in [0.25, 0.3) is 0 Å². The summed E-state index contributed by atoms with van der Waals surface area (Å²) in [4.78, 5) is 58.3. The smallest absolute Gasteiger partial charge is 0.463 e. The lowest BCUT2D eigenvalue weighted by Crippen LogP contribution is -2.30. The van der Waals surface area contributed by atoms with Crippen LogP contribution in [-0.2, 0) is 55.8 Å². The van der Waals surface area contributed by atoms with Crippen LogP contribution in [0.3, 0.4) is 0 Å². The Labute approximate surface area is 565 Å². The van der Waals surface area contributed by atoms with E-state index in [1.54, 1.807) is 0 Å². The zero-order valence-electron chi connectivity index (χ0n) is 58.7. The predicted molar refractivity (Wildman–Crippen MR) is 381 cm³/mol. The minimum absolute atomic E-state index is 0.104. The molecule has 0 radical (unpaired) electrons. The van der Waals surface area contributed by atoms with Gasteiger partial charge in [0, 0.05) is 19.3 Å². The van der Waals surface area contributed by atoms with Gasteiger partial charge in [-0.2, -0.15) is 0 Å². The maximum absolute atomic E-state index is 12.9. The fourth-order valence-electron chi connectivity index (χ4n) is 9.98. The van der Waals surface area contributed by atoms with Crippen LogP contribution in [0.1, 0.15) is 316 Å². The van der Waals surface area contributed by atoms with Crippen LogP contribution in [0.2, 0.25) is 0 Å². The van der Waals surface area contributed by atoms with Gasteiger partial charge in [0.05, 0.1) is 26.4 Å². The van der Waals surface area contributed by atoms with E-state index in [9.17, 15) is 43.5 Å². The minimum Gasteiger partial charge on any atom is -0.463 e. The summed E-state index contributed by atoms with van der Waals surface area (Å²) in [6.45, 7) is 2.52. The Morgan fingerprint density at radius 2 is 0.570 bits per heavy atom. The van der Waals surface area contributed by atoms with E-state index in [1.807, 2.05) is 0 Å². The summed E-state index contributed by atoms with van der Waals surface area (Å²) < 4.78 is 60.9. The van der Waals surface area contributed by atoms with E-state index < -0.39 is 91.5 Å². The monoisotopic (exact) mass is 1350 g/mol. The summed E-state index contributed by atoms with van der Waals surface area (Å²) in [5.74, 6) is -1.58. The summed E-state index contributed by atoms with van der Waals surface area (Å²) in [6.07, 6.45) is 75.2. The number of aliphatic hydroxyl groups is 2. The van der Waals surface area contributed by atoms with E-state index >= 15 is 0 Å². The van der Waals surface area contributed by atoms with Gasteiger partial charge in [0.1, 0.15) is 25.4 Å². The maximum Gasteiger partial charge on any atom is 0.472 e. The van der Waals surface area contributed by atoms with Crippen LogP contribution in [0.4, 0.5) is 0 Å². The molecule has 0 aliphatic carbocycles. The third-order valence-electron chi connectivity index (χ3n) is 15.6. The van der Waals surface area contributed by atoms with E-state index in [0.717, 1.165) is 116 Å². The minimum atomic E-state index is -4.92. The standard InChI is InChI=1S/C75H134O16P2/c1-4-7-10-13-16-19-22-24-26-27-28-29-30-31-32-33-34-35-36-37-38-39-40-41-43-45-47-49-52-55-58-61-73(78)85-64-70(76)65-87-92(81,82)88-66-71(77)67-89-93(83,84)90-69-72(91-75(80)63-60-57-54-51-46-21-18-15-12-9-6-3)68-86-74(79)62-59-56-53-50-48-44-42-25-23-20-17-14-11-8-5-2/h8,11,16-17,19-20,24-26,28-29,31-32,42,70-72,76-77H,4-7,9-10,12-15,18,21-23,27,30,33-41,43-69H2,1-3H3,(H,81,82)(H,83,84)/b11-8-,19-16-,20-17-,26-24-,29-28-,32-31-,42-25-. The van der Waals surface area contributed by atoms with Crippen molar-refractivity contribution in [1.82, 2.24) is 0 Å². The van der Waals surface area contributed by atoms with Crippen LogP contribution in [0, 0.1) is 0 Å². The second kappa shape index (κ2) is 68.7. The lowest BCUT2D eigenvalue weighted by Gasteiger charge is -2.21. The van der Waals surface area contributed by atoms with Crippen molar-refractivity contribution in [2.24, 2.45) is 0 Å². The maximum atomic E-state index is 12.9. The number of hydrogen-bond acceptors (Lipinski definition) is 14. The van der Waals surface area contributed by atoms with Gasteiger partial charge in [-0.1, -0.05) is 286 Å². The van der Waals surface area contributed by atoms with Gasteiger partial charge in [0.25, 0.3) is 0 Å². The number of carbonyl (C=O) groups excluding carboxylic acids is 3. The average molecular weight is 1350 g/mol. The van der Waals surface area contributed by atoms with Gasteiger partial charge in [-0.05, 0) is 96.3 Å². The van der Waals surface area contributed by atoms with Crippen molar-refractivity contribution in [3.8, 4) is 0 Å². The molecule has 5 unspecified atom stereocenters. The molecule has 0 fully saturated rings. The molecular formula is C75H134O16P2. The first-order valence-corrected chi connectivity index (χ1v) is 39.9. The molecule has 540 valence electrons. The number of allylic oxidation sites excluding steroid dienone is 14. The first-order valence-electron chi connectivity index (χ1n) is 36.9. The fourth-order valence-corrected chi connectivity index (χ4v) is 11.6. The Balaban J connectivity index is 4.35. The van der Waals surface area contributed by atoms with E-state index in [-0.39, 0.29) is 19.3 Å². The topological polar surface area (TPSA) is 231 Å². The molecule has 0 aromatic rings. The molecule has 0 heterocycles. The molecule has 5 atom stereocenters. The summed E-state index contributed by atoms with van der Waals surface area (Å²) >= 11 is 0. The molecule has 0 saturated heterocycles. The number of rotatable bonds is 70.